The lowest BCUT2D eigenvalue weighted by molar-refractivity contribution is -0.174. The first-order valence-corrected chi connectivity index (χ1v) is 10.1. The molecule has 4 heteroatoms. The van der Waals surface area contributed by atoms with Crippen LogP contribution in [0.2, 0.25) is 0 Å². The van der Waals surface area contributed by atoms with Gasteiger partial charge in [0.25, 0.3) is 0 Å². The molecule has 4 nitrogen and oxygen atoms in total. The number of carbonyl (C=O) groups excluding carboxylic acids is 1. The first-order valence-electron chi connectivity index (χ1n) is 10.1. The van der Waals surface area contributed by atoms with E-state index in [0.29, 0.717) is 19.3 Å². The normalized spacial score (nSPS) is 13.3. The van der Waals surface area contributed by atoms with Gasteiger partial charge in [-0.05, 0) is 37.5 Å². The smallest absolute Gasteiger partial charge is 0.306 e. The van der Waals surface area contributed by atoms with E-state index in [0.717, 1.165) is 19.3 Å². The Balaban J connectivity index is 4.57. The summed E-state index contributed by atoms with van der Waals surface area (Å²) in [7, 11) is 0. The summed E-state index contributed by atoms with van der Waals surface area (Å²) in [5.41, 5.74) is -0.390. The molecule has 0 saturated heterocycles. The van der Waals surface area contributed by atoms with Gasteiger partial charge in [-0.15, -0.1) is 0 Å². The number of rotatable bonds is 14. The van der Waals surface area contributed by atoms with E-state index in [1.165, 1.54) is 19.3 Å². The first kappa shape index (κ1) is 23.9. The van der Waals surface area contributed by atoms with Crippen molar-refractivity contribution in [2.45, 2.75) is 105 Å². The van der Waals surface area contributed by atoms with E-state index in [9.17, 15) is 9.59 Å². The van der Waals surface area contributed by atoms with Crippen LogP contribution in [-0.4, -0.2) is 22.6 Å². The Bertz CT molecular complexity index is 379. The van der Waals surface area contributed by atoms with Gasteiger partial charge in [-0.2, -0.15) is 0 Å². The molecule has 0 aliphatic carbocycles. The number of esters is 1. The molecular weight excluding hydrogens is 316 g/mol. The standard InChI is InChI=1S/C21H40O4/c1-7-8-9-12-15-21(16(2)3,17(4)5)25-19(22)14-11-10-13-18(6)20(23)24/h16-18H,7-15H2,1-6H3,(H,23,24). The number of hydrogen-bond acceptors (Lipinski definition) is 3. The molecule has 0 aromatic heterocycles. The third kappa shape index (κ3) is 8.73. The van der Waals surface area contributed by atoms with Gasteiger partial charge < -0.3 is 9.84 Å². The van der Waals surface area contributed by atoms with Crippen LogP contribution in [0, 0.1) is 17.8 Å². The highest BCUT2D eigenvalue weighted by molar-refractivity contribution is 5.70. The molecule has 0 heterocycles. The van der Waals surface area contributed by atoms with Gasteiger partial charge in [0.05, 0.1) is 5.92 Å². The topological polar surface area (TPSA) is 63.6 Å². The molecule has 0 bridgehead atoms. The van der Waals surface area contributed by atoms with E-state index in [1.807, 2.05) is 0 Å². The summed E-state index contributed by atoms with van der Waals surface area (Å²) in [4.78, 5) is 23.2. The second-order valence-corrected chi connectivity index (χ2v) is 8.03. The molecule has 0 aromatic rings. The van der Waals surface area contributed by atoms with Crippen molar-refractivity contribution >= 4 is 11.9 Å². The van der Waals surface area contributed by atoms with Gasteiger partial charge in [0.1, 0.15) is 5.60 Å². The molecule has 0 saturated carbocycles. The number of unbranched alkanes of at least 4 members (excludes halogenated alkanes) is 4. The largest absolute Gasteiger partial charge is 0.481 e. The molecule has 0 fully saturated rings. The van der Waals surface area contributed by atoms with Gasteiger partial charge in [-0.3, -0.25) is 9.59 Å². The summed E-state index contributed by atoms with van der Waals surface area (Å²) < 4.78 is 6.04. The molecule has 0 amide bonds. The van der Waals surface area contributed by atoms with Crippen LogP contribution in [0.4, 0.5) is 0 Å². The number of hydrogen-bond donors (Lipinski definition) is 1. The Hall–Kier alpha value is -1.06. The van der Waals surface area contributed by atoms with E-state index < -0.39 is 5.97 Å². The zero-order chi connectivity index (χ0) is 19.5. The Kier molecular flexibility index (Phi) is 11.8. The van der Waals surface area contributed by atoms with Crippen molar-refractivity contribution < 1.29 is 19.4 Å². The molecular formula is C21H40O4. The molecule has 1 atom stereocenters. The maximum absolute atomic E-state index is 12.4. The molecule has 0 radical (unpaired) electrons. The summed E-state index contributed by atoms with van der Waals surface area (Å²) in [6.07, 6.45) is 8.04. The van der Waals surface area contributed by atoms with Crippen LogP contribution in [0.1, 0.15) is 99.3 Å². The van der Waals surface area contributed by atoms with Crippen LogP contribution in [0.3, 0.4) is 0 Å². The fourth-order valence-electron chi connectivity index (χ4n) is 3.47. The van der Waals surface area contributed by atoms with Crippen LogP contribution in [0.5, 0.6) is 0 Å². The average Bonchev–Trinajstić information content (AvgIpc) is 2.53. The Morgan fingerprint density at radius 2 is 1.52 bits per heavy atom. The molecule has 25 heavy (non-hydrogen) atoms. The highest BCUT2D eigenvalue weighted by Gasteiger charge is 2.40. The van der Waals surface area contributed by atoms with E-state index in [4.69, 9.17) is 9.84 Å². The third-order valence-corrected chi connectivity index (χ3v) is 5.37. The molecule has 0 spiro atoms. The minimum Gasteiger partial charge on any atom is -0.481 e. The Morgan fingerprint density at radius 1 is 0.920 bits per heavy atom. The van der Waals surface area contributed by atoms with E-state index >= 15 is 0 Å². The quantitative estimate of drug-likeness (QED) is 0.314. The van der Waals surface area contributed by atoms with E-state index in [2.05, 4.69) is 34.6 Å². The van der Waals surface area contributed by atoms with Gasteiger partial charge >= 0.3 is 11.9 Å². The summed E-state index contributed by atoms with van der Waals surface area (Å²) >= 11 is 0. The van der Waals surface area contributed by atoms with Gasteiger partial charge in [0.2, 0.25) is 0 Å². The monoisotopic (exact) mass is 356 g/mol. The molecule has 1 unspecified atom stereocenters. The number of ether oxygens (including phenoxy) is 1. The summed E-state index contributed by atoms with van der Waals surface area (Å²) in [5, 5.41) is 8.89. The van der Waals surface area contributed by atoms with Crippen LogP contribution < -0.4 is 0 Å². The van der Waals surface area contributed by atoms with Crippen molar-refractivity contribution in [2.75, 3.05) is 0 Å². The van der Waals surface area contributed by atoms with E-state index in [1.54, 1.807) is 6.92 Å². The average molecular weight is 357 g/mol. The predicted octanol–water partition coefficient (Wildman–Crippen LogP) is 5.83. The molecule has 0 aliphatic rings. The van der Waals surface area contributed by atoms with Crippen LogP contribution in [-0.2, 0) is 14.3 Å². The molecule has 1 N–H and O–H groups in total. The summed E-state index contributed by atoms with van der Waals surface area (Å²) in [6, 6.07) is 0. The summed E-state index contributed by atoms with van der Waals surface area (Å²) in [5.74, 6) is -0.690. The summed E-state index contributed by atoms with van der Waals surface area (Å²) in [6.45, 7) is 12.5. The van der Waals surface area contributed by atoms with Crippen molar-refractivity contribution in [1.29, 1.82) is 0 Å². The zero-order valence-corrected chi connectivity index (χ0v) is 17.3. The fraction of sp³-hybridized carbons (Fsp3) is 0.905. The number of carboxylic acids is 1. The minimum absolute atomic E-state index is 0.138. The lowest BCUT2D eigenvalue weighted by atomic mass is 9.76. The third-order valence-electron chi connectivity index (χ3n) is 5.37. The first-order chi connectivity index (χ1) is 11.7. The molecule has 0 rings (SSSR count). The molecule has 0 aliphatic heterocycles. The highest BCUT2D eigenvalue weighted by atomic mass is 16.6. The van der Waals surface area contributed by atoms with Crippen LogP contribution >= 0.6 is 0 Å². The minimum atomic E-state index is -0.770. The maximum atomic E-state index is 12.4. The zero-order valence-electron chi connectivity index (χ0n) is 17.3. The lowest BCUT2D eigenvalue weighted by Gasteiger charge is -2.41. The number of aliphatic carboxylic acids is 1. The van der Waals surface area contributed by atoms with Crippen LogP contribution in [0.25, 0.3) is 0 Å². The van der Waals surface area contributed by atoms with Crippen molar-refractivity contribution in [3.63, 3.8) is 0 Å². The maximum Gasteiger partial charge on any atom is 0.306 e. The van der Waals surface area contributed by atoms with Gasteiger partial charge in [-0.1, -0.05) is 67.2 Å². The van der Waals surface area contributed by atoms with Gasteiger partial charge in [-0.25, -0.2) is 0 Å². The Morgan fingerprint density at radius 3 is 2.00 bits per heavy atom. The number of carbonyl (C=O) groups is 2. The van der Waals surface area contributed by atoms with Crippen molar-refractivity contribution in [3.8, 4) is 0 Å². The van der Waals surface area contributed by atoms with Crippen LogP contribution in [0.15, 0.2) is 0 Å². The van der Waals surface area contributed by atoms with Crippen molar-refractivity contribution in [1.82, 2.24) is 0 Å². The van der Waals surface area contributed by atoms with Crippen molar-refractivity contribution in [2.24, 2.45) is 17.8 Å². The van der Waals surface area contributed by atoms with Gasteiger partial charge in [0.15, 0.2) is 0 Å². The van der Waals surface area contributed by atoms with E-state index in [-0.39, 0.29) is 29.3 Å². The lowest BCUT2D eigenvalue weighted by Crippen LogP contribution is -2.45. The van der Waals surface area contributed by atoms with Crippen molar-refractivity contribution in [3.05, 3.63) is 0 Å². The SMILES string of the molecule is CCCCCCC(OC(=O)CCCCC(C)C(=O)O)(C(C)C)C(C)C. The molecule has 148 valence electrons. The number of carboxylic acid groups (broad SMARTS) is 1. The van der Waals surface area contributed by atoms with Gasteiger partial charge in [0, 0.05) is 6.42 Å². The second-order valence-electron chi connectivity index (χ2n) is 8.03. The Labute approximate surface area is 154 Å². The molecule has 0 aromatic carbocycles. The second kappa shape index (κ2) is 12.3. The highest BCUT2D eigenvalue weighted by Crippen LogP contribution is 2.36. The predicted molar refractivity (Wildman–Crippen MR) is 103 cm³/mol. The fourth-order valence-corrected chi connectivity index (χ4v) is 3.47.